The van der Waals surface area contributed by atoms with Crippen LogP contribution in [0.15, 0.2) is 64.2 Å². The molecule has 0 heterocycles. The Hall–Kier alpha value is -4.05. The van der Waals surface area contributed by atoms with E-state index in [9.17, 15) is 19.8 Å². The number of amides is 1. The number of benzene rings is 3. The molecule has 170 valence electrons. The van der Waals surface area contributed by atoms with Crippen LogP contribution in [0.25, 0.3) is 0 Å². The van der Waals surface area contributed by atoms with Gasteiger partial charge in [0.1, 0.15) is 17.2 Å². The predicted molar refractivity (Wildman–Crippen MR) is 123 cm³/mol. The summed E-state index contributed by atoms with van der Waals surface area (Å²) in [6, 6.07) is 13.1. The smallest absolute Gasteiger partial charge is 0.343 e. The lowest BCUT2D eigenvalue weighted by atomic mass is 10.2. The Kier molecular flexibility index (Phi) is 7.52. The zero-order valence-electron chi connectivity index (χ0n) is 17.5. The van der Waals surface area contributed by atoms with E-state index in [0.29, 0.717) is 21.5 Å². The maximum atomic E-state index is 12.7. The van der Waals surface area contributed by atoms with E-state index in [4.69, 9.17) is 14.2 Å². The number of phenols is 2. The fourth-order valence-corrected chi connectivity index (χ4v) is 3.15. The summed E-state index contributed by atoms with van der Waals surface area (Å²) in [5.41, 5.74) is 2.84. The molecule has 33 heavy (non-hydrogen) atoms. The van der Waals surface area contributed by atoms with Crippen LogP contribution < -0.4 is 19.6 Å². The summed E-state index contributed by atoms with van der Waals surface area (Å²) in [5, 5.41) is 23.0. The lowest BCUT2D eigenvalue weighted by molar-refractivity contribution is 0.0733. The highest BCUT2D eigenvalue weighted by molar-refractivity contribution is 9.10. The Morgan fingerprint density at radius 1 is 0.939 bits per heavy atom. The minimum Gasteiger partial charge on any atom is -0.508 e. The first-order chi connectivity index (χ1) is 15.8. The fourth-order valence-electron chi connectivity index (χ4n) is 2.77. The van der Waals surface area contributed by atoms with Crippen molar-refractivity contribution in [3.63, 3.8) is 0 Å². The zero-order chi connectivity index (χ0) is 24.0. The Morgan fingerprint density at radius 3 is 2.36 bits per heavy atom. The van der Waals surface area contributed by atoms with Crippen LogP contribution in [0, 0.1) is 0 Å². The Labute approximate surface area is 197 Å². The van der Waals surface area contributed by atoms with E-state index in [1.165, 1.54) is 38.6 Å². The van der Waals surface area contributed by atoms with Gasteiger partial charge < -0.3 is 24.4 Å². The van der Waals surface area contributed by atoms with Crippen molar-refractivity contribution in [2.45, 2.75) is 0 Å². The maximum Gasteiger partial charge on any atom is 0.343 e. The highest BCUT2D eigenvalue weighted by Gasteiger charge is 2.15. The molecule has 3 N–H and O–H groups in total. The van der Waals surface area contributed by atoms with Crippen LogP contribution in [-0.2, 0) is 0 Å². The van der Waals surface area contributed by atoms with E-state index in [0.717, 1.165) is 6.07 Å². The van der Waals surface area contributed by atoms with Gasteiger partial charge in [-0.25, -0.2) is 10.2 Å². The van der Waals surface area contributed by atoms with Gasteiger partial charge in [0, 0.05) is 16.1 Å². The fraction of sp³-hybridized carbons (Fsp3) is 0.0870. The van der Waals surface area contributed by atoms with E-state index in [1.807, 2.05) is 0 Å². The molecule has 0 radical (unpaired) electrons. The van der Waals surface area contributed by atoms with Gasteiger partial charge in [0.15, 0.2) is 11.5 Å². The average Bonchev–Trinajstić information content (AvgIpc) is 2.80. The number of aromatic hydroxyl groups is 2. The molecule has 9 nitrogen and oxygen atoms in total. The molecule has 0 fully saturated rings. The summed E-state index contributed by atoms with van der Waals surface area (Å²) in [4.78, 5) is 24.9. The molecule has 0 aliphatic rings. The number of hydrogen-bond acceptors (Lipinski definition) is 8. The summed E-state index contributed by atoms with van der Waals surface area (Å²) >= 11 is 3.34. The van der Waals surface area contributed by atoms with Gasteiger partial charge in [-0.2, -0.15) is 5.10 Å². The first-order valence-corrected chi connectivity index (χ1v) is 10.2. The molecule has 0 bridgehead atoms. The second-order valence-electron chi connectivity index (χ2n) is 6.54. The summed E-state index contributed by atoms with van der Waals surface area (Å²) in [7, 11) is 2.95. The molecule has 0 atom stereocenters. The highest BCUT2D eigenvalue weighted by atomic mass is 79.9. The van der Waals surface area contributed by atoms with E-state index in [2.05, 4.69) is 26.5 Å². The van der Waals surface area contributed by atoms with Gasteiger partial charge in [0.05, 0.1) is 31.6 Å². The molecule has 0 saturated carbocycles. The number of esters is 1. The first kappa shape index (κ1) is 23.6. The van der Waals surface area contributed by atoms with Gasteiger partial charge in [0.2, 0.25) is 0 Å². The summed E-state index contributed by atoms with van der Waals surface area (Å²) < 4.78 is 16.6. The number of halogens is 1. The van der Waals surface area contributed by atoms with Crippen molar-refractivity contribution < 1.29 is 34.0 Å². The number of carbonyl (C=O) groups is 2. The minimum absolute atomic E-state index is 0.0701. The molecule has 10 heteroatoms. The molecule has 0 saturated heterocycles. The van der Waals surface area contributed by atoms with Crippen molar-refractivity contribution in [1.82, 2.24) is 5.43 Å². The predicted octanol–water partition coefficient (Wildman–Crippen LogP) is 3.86. The number of methoxy groups -OCH3 is 2. The second-order valence-corrected chi connectivity index (χ2v) is 7.46. The standard InChI is InChI=1S/C23H19BrN2O7/c1-31-20-7-3-13(10-21(20)32-2)23(30)33-19-8-4-15(24)9-14(19)12-25-26-22(29)17-6-5-16(27)11-18(17)28/h3-12,27-28H,1-2H3,(H,26,29). The van der Waals surface area contributed by atoms with E-state index in [-0.39, 0.29) is 22.6 Å². The third kappa shape index (κ3) is 5.80. The number of rotatable bonds is 7. The molecular formula is C23H19BrN2O7. The number of carbonyl (C=O) groups excluding carboxylic acids is 2. The molecule has 0 spiro atoms. The highest BCUT2D eigenvalue weighted by Crippen LogP contribution is 2.29. The second kappa shape index (κ2) is 10.5. The van der Waals surface area contributed by atoms with Crippen LogP contribution in [0.2, 0.25) is 0 Å². The summed E-state index contributed by atoms with van der Waals surface area (Å²) in [6.07, 6.45) is 1.29. The SMILES string of the molecule is COc1ccc(C(=O)Oc2ccc(Br)cc2C=NNC(=O)c2ccc(O)cc2O)cc1OC. The molecule has 3 aromatic rings. The molecule has 0 unspecified atom stereocenters. The topological polar surface area (TPSA) is 127 Å². The van der Waals surface area contributed by atoms with Gasteiger partial charge in [-0.3, -0.25) is 4.79 Å². The number of nitrogens with one attached hydrogen (secondary N) is 1. The third-order valence-electron chi connectivity index (χ3n) is 4.39. The van der Waals surface area contributed by atoms with Crippen molar-refractivity contribution in [1.29, 1.82) is 0 Å². The van der Waals surface area contributed by atoms with Crippen LogP contribution in [0.4, 0.5) is 0 Å². The quantitative estimate of drug-likeness (QED) is 0.189. The average molecular weight is 515 g/mol. The van der Waals surface area contributed by atoms with Crippen molar-refractivity contribution in [2.24, 2.45) is 5.10 Å². The Morgan fingerprint density at radius 2 is 1.67 bits per heavy atom. The van der Waals surface area contributed by atoms with Crippen molar-refractivity contribution in [3.8, 4) is 28.7 Å². The maximum absolute atomic E-state index is 12.7. The number of ether oxygens (including phenoxy) is 3. The summed E-state index contributed by atoms with van der Waals surface area (Å²) in [5.74, 6) is -0.847. The molecular weight excluding hydrogens is 496 g/mol. The van der Waals surface area contributed by atoms with E-state index >= 15 is 0 Å². The van der Waals surface area contributed by atoms with E-state index < -0.39 is 17.6 Å². The van der Waals surface area contributed by atoms with Gasteiger partial charge in [0.25, 0.3) is 5.91 Å². The normalized spacial score (nSPS) is 10.6. The van der Waals surface area contributed by atoms with Crippen LogP contribution in [0.3, 0.4) is 0 Å². The van der Waals surface area contributed by atoms with Crippen LogP contribution in [0.1, 0.15) is 26.3 Å². The van der Waals surface area contributed by atoms with Crippen LogP contribution in [0.5, 0.6) is 28.7 Å². The molecule has 1 amide bonds. The number of phenolic OH excluding ortho intramolecular Hbond substituents is 2. The Bertz CT molecular complexity index is 1230. The molecule has 0 aromatic heterocycles. The number of hydrazone groups is 1. The van der Waals surface area contributed by atoms with Crippen molar-refractivity contribution >= 4 is 34.0 Å². The lowest BCUT2D eigenvalue weighted by Crippen LogP contribution is -2.18. The number of hydrogen-bond donors (Lipinski definition) is 3. The molecule has 3 rings (SSSR count). The molecule has 0 aliphatic heterocycles. The van der Waals surface area contributed by atoms with Crippen molar-refractivity contribution in [2.75, 3.05) is 14.2 Å². The third-order valence-corrected chi connectivity index (χ3v) is 4.88. The van der Waals surface area contributed by atoms with Crippen molar-refractivity contribution in [3.05, 3.63) is 75.8 Å². The van der Waals surface area contributed by atoms with Crippen LogP contribution in [-0.4, -0.2) is 42.5 Å². The molecule has 0 aliphatic carbocycles. The largest absolute Gasteiger partial charge is 0.508 e. The summed E-state index contributed by atoms with van der Waals surface area (Å²) in [6.45, 7) is 0. The van der Waals surface area contributed by atoms with Gasteiger partial charge >= 0.3 is 5.97 Å². The monoisotopic (exact) mass is 514 g/mol. The zero-order valence-corrected chi connectivity index (χ0v) is 19.1. The molecule has 3 aromatic carbocycles. The Balaban J connectivity index is 1.77. The van der Waals surface area contributed by atoms with Gasteiger partial charge in [-0.15, -0.1) is 0 Å². The lowest BCUT2D eigenvalue weighted by Gasteiger charge is -2.11. The van der Waals surface area contributed by atoms with E-state index in [1.54, 1.807) is 30.3 Å². The van der Waals surface area contributed by atoms with Crippen LogP contribution >= 0.6 is 15.9 Å². The minimum atomic E-state index is -0.692. The van der Waals surface area contributed by atoms with Gasteiger partial charge in [-0.05, 0) is 48.5 Å². The number of nitrogens with zero attached hydrogens (tertiary/aromatic N) is 1. The van der Waals surface area contributed by atoms with Gasteiger partial charge in [-0.1, -0.05) is 15.9 Å². The first-order valence-electron chi connectivity index (χ1n) is 9.41.